The summed E-state index contributed by atoms with van der Waals surface area (Å²) in [5, 5.41) is 7.99. The Morgan fingerprint density at radius 2 is 2.00 bits per heavy atom. The lowest BCUT2D eigenvalue weighted by Crippen LogP contribution is -2.16. The van der Waals surface area contributed by atoms with Crippen LogP contribution in [-0.4, -0.2) is 23.7 Å². The van der Waals surface area contributed by atoms with Gasteiger partial charge in [-0.2, -0.15) is 0 Å². The number of carbonyl (C=O) groups excluding carboxylic acids is 1. The second kappa shape index (κ2) is 4.98. The lowest BCUT2D eigenvalue weighted by molar-refractivity contribution is -0.163. The van der Waals surface area contributed by atoms with Crippen LogP contribution in [-0.2, 0) is 14.3 Å². The Morgan fingerprint density at radius 1 is 1.45 bits per heavy atom. The fraction of sp³-hybridized carbons (Fsp3) is 0.200. The van der Waals surface area contributed by atoms with Crippen LogP contribution >= 0.6 is 23.2 Å². The molecule has 0 aromatic heterocycles. The van der Waals surface area contributed by atoms with E-state index in [0.717, 1.165) is 6.08 Å². The third-order valence-corrected chi connectivity index (χ3v) is 0.935. The summed E-state index contributed by atoms with van der Waals surface area (Å²) in [6.45, 7) is -0.243. The maximum Gasteiger partial charge on any atom is 0.417 e. The molecule has 0 aliphatic heterocycles. The number of ether oxygens (including phenoxy) is 1. The molecule has 1 N–H and O–H groups in total. The van der Waals surface area contributed by atoms with Crippen molar-refractivity contribution in [3.8, 4) is 0 Å². The Hall–Kier alpha value is -0.740. The van der Waals surface area contributed by atoms with Gasteiger partial charge in [0.2, 0.25) is 0 Å². The average molecular weight is 199 g/mol. The minimum Gasteiger partial charge on any atom is -0.473 e. The molecule has 0 amide bonds. The monoisotopic (exact) mass is 198 g/mol. The van der Waals surface area contributed by atoms with Gasteiger partial charge in [0.15, 0.2) is 0 Å². The molecule has 0 saturated heterocycles. The minimum atomic E-state index is -1.65. The zero-order chi connectivity index (χ0) is 8.85. The summed E-state index contributed by atoms with van der Waals surface area (Å²) in [6.07, 6.45) is 1.16. The molecular weight excluding hydrogens is 195 g/mol. The fourth-order valence-corrected chi connectivity index (χ4v) is 0.368. The van der Waals surface area contributed by atoms with Crippen LogP contribution in [0.15, 0.2) is 10.6 Å². The summed E-state index contributed by atoms with van der Waals surface area (Å²) in [5.41, 5.74) is 0. The quantitative estimate of drug-likeness (QED) is 0.530. The van der Waals surface area contributed by atoms with E-state index in [9.17, 15) is 9.59 Å². The normalized spacial score (nSPS) is 8.55. The van der Waals surface area contributed by atoms with E-state index < -0.39 is 11.9 Å². The summed E-state index contributed by atoms with van der Waals surface area (Å²) < 4.78 is 4.05. The molecule has 0 rings (SSSR count). The number of hydrogen-bond acceptors (Lipinski definition) is 3. The van der Waals surface area contributed by atoms with Gasteiger partial charge in [-0.05, 0) is 6.08 Å². The summed E-state index contributed by atoms with van der Waals surface area (Å²) in [4.78, 5) is 20.0. The van der Waals surface area contributed by atoms with E-state index in [0.29, 0.717) is 0 Å². The van der Waals surface area contributed by atoms with Crippen molar-refractivity contribution in [1.29, 1.82) is 0 Å². The first-order chi connectivity index (χ1) is 5.04. The first-order valence-corrected chi connectivity index (χ1v) is 3.21. The van der Waals surface area contributed by atoms with E-state index in [2.05, 4.69) is 4.74 Å². The summed E-state index contributed by atoms with van der Waals surface area (Å²) in [7, 11) is 0. The van der Waals surface area contributed by atoms with E-state index >= 15 is 0 Å². The summed E-state index contributed by atoms with van der Waals surface area (Å²) >= 11 is 10.3. The molecule has 0 aliphatic carbocycles. The number of carboxylic acids is 1. The van der Waals surface area contributed by atoms with Crippen molar-refractivity contribution < 1.29 is 19.4 Å². The standard InChI is InChI=1S/C5H4Cl2O4/c6-3(7)1-2-11-5(10)4(8)9/h1H,2H2,(H,8,9). The van der Waals surface area contributed by atoms with Crippen LogP contribution in [0.25, 0.3) is 0 Å². The van der Waals surface area contributed by atoms with Gasteiger partial charge in [-0.15, -0.1) is 0 Å². The molecule has 0 aliphatic rings. The van der Waals surface area contributed by atoms with Gasteiger partial charge in [0, 0.05) is 0 Å². The average Bonchev–Trinajstić information content (AvgIpc) is 1.86. The van der Waals surface area contributed by atoms with Gasteiger partial charge in [-0.1, -0.05) is 23.2 Å². The predicted octanol–water partition coefficient (Wildman–Crippen LogP) is 0.933. The molecule has 0 atom stereocenters. The molecule has 0 aromatic carbocycles. The molecule has 0 fully saturated rings. The molecule has 0 bridgehead atoms. The fourth-order valence-electron chi connectivity index (χ4n) is 0.242. The number of esters is 1. The molecule has 6 heteroatoms. The van der Waals surface area contributed by atoms with E-state index in [1.54, 1.807) is 0 Å². The molecule has 0 spiro atoms. The molecule has 4 nitrogen and oxygen atoms in total. The Balaban J connectivity index is 3.64. The van der Waals surface area contributed by atoms with Crippen molar-refractivity contribution in [1.82, 2.24) is 0 Å². The van der Waals surface area contributed by atoms with Crippen LogP contribution in [0.4, 0.5) is 0 Å². The number of rotatable bonds is 2. The van der Waals surface area contributed by atoms with Gasteiger partial charge < -0.3 is 9.84 Å². The molecule has 0 aromatic rings. The molecule has 0 radical (unpaired) electrons. The molecule has 11 heavy (non-hydrogen) atoms. The van der Waals surface area contributed by atoms with Crippen molar-refractivity contribution in [3.05, 3.63) is 10.6 Å². The summed E-state index contributed by atoms with van der Waals surface area (Å²) in [5.74, 6) is -2.99. The van der Waals surface area contributed by atoms with Crippen LogP contribution in [0.1, 0.15) is 0 Å². The Kier molecular flexibility index (Phi) is 4.65. The van der Waals surface area contributed by atoms with E-state index in [4.69, 9.17) is 28.3 Å². The number of carbonyl (C=O) groups is 2. The smallest absolute Gasteiger partial charge is 0.417 e. The van der Waals surface area contributed by atoms with Gasteiger partial charge in [-0.25, -0.2) is 9.59 Å². The predicted molar refractivity (Wildman–Crippen MR) is 38.4 cm³/mol. The molecule has 62 valence electrons. The SMILES string of the molecule is O=C(O)C(=O)OCC=C(Cl)Cl. The van der Waals surface area contributed by atoms with Gasteiger partial charge >= 0.3 is 11.9 Å². The molecular formula is C5H4Cl2O4. The number of carboxylic acid groups (broad SMARTS) is 1. The lowest BCUT2D eigenvalue weighted by atomic mass is 10.6. The van der Waals surface area contributed by atoms with Crippen LogP contribution in [0, 0.1) is 0 Å². The van der Waals surface area contributed by atoms with Gasteiger partial charge in [0.05, 0.1) is 0 Å². The third-order valence-electron chi connectivity index (χ3n) is 0.627. The van der Waals surface area contributed by atoms with Crippen LogP contribution in [0.2, 0.25) is 0 Å². The highest BCUT2D eigenvalue weighted by Gasteiger charge is 2.10. The van der Waals surface area contributed by atoms with Gasteiger partial charge in [0.1, 0.15) is 11.1 Å². The number of aliphatic carboxylic acids is 1. The highest BCUT2D eigenvalue weighted by molar-refractivity contribution is 6.55. The maximum absolute atomic E-state index is 10.2. The van der Waals surface area contributed by atoms with Crippen molar-refractivity contribution in [2.75, 3.05) is 6.61 Å². The minimum absolute atomic E-state index is 0.0804. The van der Waals surface area contributed by atoms with E-state index in [1.165, 1.54) is 0 Å². The van der Waals surface area contributed by atoms with Crippen molar-refractivity contribution >= 4 is 35.1 Å². The Morgan fingerprint density at radius 3 is 2.36 bits per heavy atom. The Bertz CT molecular complexity index is 195. The van der Waals surface area contributed by atoms with Crippen molar-refractivity contribution in [2.45, 2.75) is 0 Å². The first-order valence-electron chi connectivity index (χ1n) is 2.45. The first kappa shape index (κ1) is 10.3. The highest BCUT2D eigenvalue weighted by atomic mass is 35.5. The van der Waals surface area contributed by atoms with Crippen molar-refractivity contribution in [3.63, 3.8) is 0 Å². The number of hydrogen-bond donors (Lipinski definition) is 1. The zero-order valence-electron chi connectivity index (χ0n) is 5.21. The topological polar surface area (TPSA) is 63.6 Å². The third kappa shape index (κ3) is 5.69. The van der Waals surface area contributed by atoms with Gasteiger partial charge in [-0.3, -0.25) is 0 Å². The van der Waals surface area contributed by atoms with E-state index in [-0.39, 0.29) is 11.1 Å². The molecule has 0 unspecified atom stereocenters. The van der Waals surface area contributed by atoms with Gasteiger partial charge in [0.25, 0.3) is 0 Å². The van der Waals surface area contributed by atoms with Crippen molar-refractivity contribution in [2.24, 2.45) is 0 Å². The second-order valence-electron chi connectivity index (χ2n) is 1.40. The van der Waals surface area contributed by atoms with E-state index in [1.807, 2.05) is 0 Å². The van der Waals surface area contributed by atoms with Crippen LogP contribution in [0.5, 0.6) is 0 Å². The lowest BCUT2D eigenvalue weighted by Gasteiger charge is -1.94. The Labute approximate surface area is 72.3 Å². The highest BCUT2D eigenvalue weighted by Crippen LogP contribution is 2.04. The maximum atomic E-state index is 10.2. The van der Waals surface area contributed by atoms with Crippen LogP contribution in [0.3, 0.4) is 0 Å². The summed E-state index contributed by atoms with van der Waals surface area (Å²) in [6, 6.07) is 0. The number of halogens is 2. The zero-order valence-corrected chi connectivity index (χ0v) is 6.72. The second-order valence-corrected chi connectivity index (χ2v) is 2.41. The molecule has 0 saturated carbocycles. The van der Waals surface area contributed by atoms with Crippen LogP contribution < -0.4 is 0 Å². The largest absolute Gasteiger partial charge is 0.473 e. The molecule has 0 heterocycles.